The van der Waals surface area contributed by atoms with E-state index in [1.807, 2.05) is 37.3 Å². The molecule has 1 atom stereocenters. The largest absolute Gasteiger partial charge is 0.495 e. The second-order valence-corrected chi connectivity index (χ2v) is 7.35. The van der Waals surface area contributed by atoms with Gasteiger partial charge >= 0.3 is 0 Å². The number of piperazine rings is 1. The van der Waals surface area contributed by atoms with E-state index >= 15 is 0 Å². The van der Waals surface area contributed by atoms with Crippen LogP contribution in [-0.2, 0) is 0 Å². The zero-order chi connectivity index (χ0) is 19.2. The maximum absolute atomic E-state index is 10.4. The van der Waals surface area contributed by atoms with Gasteiger partial charge in [-0.1, -0.05) is 29.8 Å². The number of rotatable bonds is 7. The van der Waals surface area contributed by atoms with Crippen LogP contribution in [0.5, 0.6) is 11.5 Å². The van der Waals surface area contributed by atoms with Gasteiger partial charge < -0.3 is 24.4 Å². The van der Waals surface area contributed by atoms with Gasteiger partial charge in [0.05, 0.1) is 39.0 Å². The maximum Gasteiger partial charge on any atom is 0.142 e. The molecule has 2 aromatic carbocycles. The first kappa shape index (κ1) is 19.5. The predicted molar refractivity (Wildman–Crippen MR) is 108 cm³/mol. The highest BCUT2D eigenvalue weighted by Gasteiger charge is 2.24. The summed E-state index contributed by atoms with van der Waals surface area (Å²) in [7, 11) is 1.71. The monoisotopic (exact) mass is 371 g/mol. The molecular weight excluding hydrogens is 340 g/mol. The normalized spacial score (nSPS) is 16.2. The van der Waals surface area contributed by atoms with Crippen LogP contribution in [0.4, 0.5) is 5.69 Å². The van der Waals surface area contributed by atoms with Crippen LogP contribution < -0.4 is 19.3 Å². The van der Waals surface area contributed by atoms with Crippen LogP contribution in [-0.4, -0.2) is 57.7 Å². The minimum atomic E-state index is -0.460. The first-order chi connectivity index (χ1) is 13.1. The van der Waals surface area contributed by atoms with E-state index in [2.05, 4.69) is 24.0 Å². The quantitative estimate of drug-likeness (QED) is 0.774. The number of nitrogens with one attached hydrogen (secondary N) is 1. The molecule has 1 aliphatic rings. The summed E-state index contributed by atoms with van der Waals surface area (Å²) in [4.78, 5) is 3.78. The lowest BCUT2D eigenvalue weighted by molar-refractivity contribution is -0.903. The van der Waals surface area contributed by atoms with Crippen molar-refractivity contribution in [1.82, 2.24) is 0 Å². The van der Waals surface area contributed by atoms with Crippen LogP contribution in [0.25, 0.3) is 0 Å². The molecule has 1 saturated heterocycles. The second kappa shape index (κ2) is 9.11. The van der Waals surface area contributed by atoms with Crippen LogP contribution in [0.15, 0.2) is 42.5 Å². The van der Waals surface area contributed by atoms with Crippen molar-refractivity contribution < 1.29 is 19.5 Å². The fraction of sp³-hybridized carbons (Fsp3) is 0.455. The van der Waals surface area contributed by atoms with Crippen LogP contribution in [0.2, 0.25) is 0 Å². The number of methoxy groups -OCH3 is 1. The molecule has 27 heavy (non-hydrogen) atoms. The van der Waals surface area contributed by atoms with E-state index in [1.165, 1.54) is 10.5 Å². The summed E-state index contributed by atoms with van der Waals surface area (Å²) in [5.41, 5.74) is 3.48. The van der Waals surface area contributed by atoms with Crippen molar-refractivity contribution >= 4 is 5.69 Å². The molecule has 0 aliphatic carbocycles. The molecule has 0 aromatic heterocycles. The third-order valence-electron chi connectivity index (χ3n) is 5.18. The van der Waals surface area contributed by atoms with Gasteiger partial charge in [0, 0.05) is 0 Å². The zero-order valence-corrected chi connectivity index (χ0v) is 16.6. The van der Waals surface area contributed by atoms with E-state index in [9.17, 15) is 5.11 Å². The van der Waals surface area contributed by atoms with Crippen molar-refractivity contribution in [2.75, 3.05) is 51.3 Å². The molecule has 1 heterocycles. The Hall–Kier alpha value is -2.24. The fourth-order valence-corrected chi connectivity index (χ4v) is 3.70. The molecule has 0 unspecified atom stereocenters. The average molecular weight is 372 g/mol. The number of aliphatic hydroxyl groups is 1. The maximum atomic E-state index is 10.4. The standard InChI is InChI=1S/C22H30N2O3/c1-17-8-9-21(18(2)14-17)27-16-19(25)15-23-10-12-24(13-11-23)20-6-4-5-7-22(20)26-3/h4-9,14,19,25H,10-13,15-16H2,1-3H3/p+1/t19-/m1/s1. The molecule has 5 heteroatoms. The number of anilines is 1. The summed E-state index contributed by atoms with van der Waals surface area (Å²) in [5.74, 6) is 1.78. The molecular formula is C22H31N2O3+. The Morgan fingerprint density at radius 3 is 2.52 bits per heavy atom. The minimum absolute atomic E-state index is 0.337. The van der Waals surface area contributed by atoms with E-state index in [4.69, 9.17) is 9.47 Å². The Bertz CT molecular complexity index is 742. The van der Waals surface area contributed by atoms with Gasteiger partial charge in [-0.15, -0.1) is 0 Å². The number of benzene rings is 2. The molecule has 0 bridgehead atoms. The van der Waals surface area contributed by atoms with E-state index in [-0.39, 0.29) is 0 Å². The molecule has 1 aliphatic heterocycles. The molecule has 0 radical (unpaired) electrons. The van der Waals surface area contributed by atoms with E-state index < -0.39 is 6.10 Å². The van der Waals surface area contributed by atoms with Crippen molar-refractivity contribution in [3.05, 3.63) is 53.6 Å². The molecule has 0 amide bonds. The Kier molecular flexibility index (Phi) is 6.58. The first-order valence-electron chi connectivity index (χ1n) is 9.66. The Morgan fingerprint density at radius 1 is 1.07 bits per heavy atom. The van der Waals surface area contributed by atoms with E-state index in [1.54, 1.807) is 7.11 Å². The van der Waals surface area contributed by atoms with Gasteiger partial charge in [0.15, 0.2) is 0 Å². The highest BCUT2D eigenvalue weighted by atomic mass is 16.5. The van der Waals surface area contributed by atoms with Crippen molar-refractivity contribution in [2.45, 2.75) is 20.0 Å². The van der Waals surface area contributed by atoms with Crippen LogP contribution in [0, 0.1) is 13.8 Å². The molecule has 2 N–H and O–H groups in total. The highest BCUT2D eigenvalue weighted by molar-refractivity contribution is 5.58. The number of ether oxygens (including phenoxy) is 2. The fourth-order valence-electron chi connectivity index (χ4n) is 3.70. The third kappa shape index (κ3) is 5.15. The SMILES string of the molecule is COc1ccccc1N1CC[NH+](C[C@@H](O)COc2ccc(C)cc2C)CC1. The van der Waals surface area contributed by atoms with Gasteiger partial charge in [0.2, 0.25) is 0 Å². The summed E-state index contributed by atoms with van der Waals surface area (Å²) in [5, 5.41) is 10.4. The van der Waals surface area contributed by atoms with Crippen LogP contribution >= 0.6 is 0 Å². The lowest BCUT2D eigenvalue weighted by Gasteiger charge is -2.35. The Morgan fingerprint density at radius 2 is 1.81 bits per heavy atom. The lowest BCUT2D eigenvalue weighted by atomic mass is 10.1. The Labute approximate surface area is 162 Å². The first-order valence-corrected chi connectivity index (χ1v) is 9.66. The number of para-hydroxylation sites is 2. The average Bonchev–Trinajstić information content (AvgIpc) is 2.68. The van der Waals surface area contributed by atoms with Gasteiger partial charge in [-0.25, -0.2) is 0 Å². The number of aryl methyl sites for hydroxylation is 2. The van der Waals surface area contributed by atoms with Crippen LogP contribution in [0.3, 0.4) is 0 Å². The van der Waals surface area contributed by atoms with E-state index in [0.29, 0.717) is 13.2 Å². The zero-order valence-electron chi connectivity index (χ0n) is 16.6. The lowest BCUT2D eigenvalue weighted by Crippen LogP contribution is -3.16. The highest BCUT2D eigenvalue weighted by Crippen LogP contribution is 2.27. The summed E-state index contributed by atoms with van der Waals surface area (Å²) >= 11 is 0. The summed E-state index contributed by atoms with van der Waals surface area (Å²) < 4.78 is 11.3. The molecule has 146 valence electrons. The van der Waals surface area contributed by atoms with Gasteiger partial charge in [0.1, 0.15) is 30.8 Å². The topological polar surface area (TPSA) is 46.4 Å². The predicted octanol–water partition coefficient (Wildman–Crippen LogP) is 1.46. The smallest absolute Gasteiger partial charge is 0.142 e. The van der Waals surface area contributed by atoms with Gasteiger partial charge in [-0.3, -0.25) is 0 Å². The molecule has 0 saturated carbocycles. The van der Waals surface area contributed by atoms with Crippen LogP contribution in [0.1, 0.15) is 11.1 Å². The van der Waals surface area contributed by atoms with Crippen molar-refractivity contribution in [1.29, 1.82) is 0 Å². The number of hydrogen-bond donors (Lipinski definition) is 2. The summed E-state index contributed by atoms with van der Waals surface area (Å²) in [6.45, 7) is 9.07. The number of aliphatic hydroxyl groups excluding tert-OH is 1. The van der Waals surface area contributed by atoms with Crippen molar-refractivity contribution in [3.8, 4) is 11.5 Å². The van der Waals surface area contributed by atoms with E-state index in [0.717, 1.165) is 48.9 Å². The number of quaternary nitrogens is 1. The summed E-state index contributed by atoms with van der Waals surface area (Å²) in [6.07, 6.45) is -0.460. The number of hydrogen-bond acceptors (Lipinski definition) is 4. The summed E-state index contributed by atoms with van der Waals surface area (Å²) in [6, 6.07) is 14.3. The molecule has 0 spiro atoms. The van der Waals surface area contributed by atoms with Gasteiger partial charge in [-0.2, -0.15) is 0 Å². The molecule has 2 aromatic rings. The molecule has 3 rings (SSSR count). The molecule has 5 nitrogen and oxygen atoms in total. The molecule has 1 fully saturated rings. The minimum Gasteiger partial charge on any atom is -0.495 e. The van der Waals surface area contributed by atoms with Crippen molar-refractivity contribution in [3.63, 3.8) is 0 Å². The van der Waals surface area contributed by atoms with Gasteiger partial charge in [0.25, 0.3) is 0 Å². The Balaban J connectivity index is 1.46. The third-order valence-corrected chi connectivity index (χ3v) is 5.18. The number of nitrogens with zero attached hydrogens (tertiary/aromatic N) is 1. The second-order valence-electron chi connectivity index (χ2n) is 7.35. The van der Waals surface area contributed by atoms with Crippen molar-refractivity contribution in [2.24, 2.45) is 0 Å². The van der Waals surface area contributed by atoms with Gasteiger partial charge in [-0.05, 0) is 37.6 Å².